The highest BCUT2D eigenvalue weighted by Crippen LogP contribution is 2.29. The van der Waals surface area contributed by atoms with Crippen LogP contribution in [0, 0.1) is 11.8 Å². The molecule has 1 aliphatic rings. The molecule has 1 heteroatoms. The van der Waals surface area contributed by atoms with Gasteiger partial charge in [-0.2, -0.15) is 0 Å². The van der Waals surface area contributed by atoms with Gasteiger partial charge < -0.3 is 4.74 Å². The van der Waals surface area contributed by atoms with Crippen LogP contribution in [0.5, 0.6) is 0 Å². The highest BCUT2D eigenvalue weighted by molar-refractivity contribution is 4.71. The fourth-order valence-corrected chi connectivity index (χ4v) is 1.85. The Bertz CT molecular complexity index is 99.3. The average Bonchev–Trinajstić information content (AvgIpc) is 2.11. The number of methoxy groups -OCH3 is 1. The first-order chi connectivity index (χ1) is 6.26. The molecule has 13 heavy (non-hydrogen) atoms. The Balaban J connectivity index is 0.000000424. The number of rotatable bonds is 2. The summed E-state index contributed by atoms with van der Waals surface area (Å²) in [7, 11) is 1.81. The molecule has 1 aliphatic carbocycles. The maximum absolute atomic E-state index is 5.15. The van der Waals surface area contributed by atoms with E-state index in [1.807, 2.05) is 0 Å². The predicted octanol–water partition coefficient (Wildman–Crippen LogP) is 3.88. The third kappa shape index (κ3) is 6.09. The Morgan fingerprint density at radius 2 is 1.69 bits per heavy atom. The van der Waals surface area contributed by atoms with Crippen LogP contribution in [0.3, 0.4) is 0 Å². The lowest BCUT2D eigenvalue weighted by molar-refractivity contribution is 0.101. The maximum atomic E-state index is 5.15. The Kier molecular flexibility index (Phi) is 8.53. The third-order valence-electron chi connectivity index (χ3n) is 2.67. The second kappa shape index (κ2) is 8.55. The summed E-state index contributed by atoms with van der Waals surface area (Å²) < 4.78 is 5.15. The molecule has 0 N–H and O–H groups in total. The first-order valence-electron chi connectivity index (χ1n) is 5.75. The lowest BCUT2D eigenvalue weighted by Gasteiger charge is -2.27. The molecule has 0 unspecified atom stereocenters. The summed E-state index contributed by atoms with van der Waals surface area (Å²) in [6, 6.07) is 0. The van der Waals surface area contributed by atoms with Gasteiger partial charge in [0.1, 0.15) is 0 Å². The van der Waals surface area contributed by atoms with E-state index in [2.05, 4.69) is 20.8 Å². The van der Waals surface area contributed by atoms with Gasteiger partial charge >= 0.3 is 0 Å². The highest BCUT2D eigenvalue weighted by Gasteiger charge is 2.20. The van der Waals surface area contributed by atoms with E-state index in [-0.39, 0.29) is 0 Å². The molecule has 1 saturated carbocycles. The monoisotopic (exact) mass is 186 g/mol. The molecule has 0 aromatic carbocycles. The van der Waals surface area contributed by atoms with Crippen LogP contribution in [-0.2, 0) is 4.74 Å². The summed E-state index contributed by atoms with van der Waals surface area (Å²) in [5.74, 6) is 1.74. The van der Waals surface area contributed by atoms with Crippen LogP contribution in [-0.4, -0.2) is 13.7 Å². The smallest absolute Gasteiger partial charge is 0.0493 e. The van der Waals surface area contributed by atoms with Gasteiger partial charge in [0, 0.05) is 13.7 Å². The number of hydrogen-bond acceptors (Lipinski definition) is 1. The van der Waals surface area contributed by atoms with Crippen LogP contribution >= 0.6 is 0 Å². The van der Waals surface area contributed by atoms with Crippen LogP contribution in [0.15, 0.2) is 0 Å². The molecule has 0 saturated heterocycles. The largest absolute Gasteiger partial charge is 0.384 e. The van der Waals surface area contributed by atoms with E-state index in [0.717, 1.165) is 18.4 Å². The van der Waals surface area contributed by atoms with Crippen molar-refractivity contribution in [2.45, 2.75) is 52.9 Å². The molecule has 1 fully saturated rings. The van der Waals surface area contributed by atoms with Crippen molar-refractivity contribution in [2.24, 2.45) is 11.8 Å². The maximum Gasteiger partial charge on any atom is 0.0493 e. The van der Waals surface area contributed by atoms with E-state index in [4.69, 9.17) is 4.74 Å². The molecular weight excluding hydrogens is 160 g/mol. The van der Waals surface area contributed by atoms with E-state index in [0.29, 0.717) is 0 Å². The van der Waals surface area contributed by atoms with Crippen LogP contribution in [0.2, 0.25) is 0 Å². The van der Waals surface area contributed by atoms with Crippen LogP contribution in [0.25, 0.3) is 0 Å². The minimum Gasteiger partial charge on any atom is -0.384 e. The molecule has 0 spiro atoms. The Hall–Kier alpha value is -0.0400. The number of hydrogen-bond donors (Lipinski definition) is 0. The predicted molar refractivity (Wildman–Crippen MR) is 59.0 cm³/mol. The van der Waals surface area contributed by atoms with Gasteiger partial charge in [-0.25, -0.2) is 0 Å². The Morgan fingerprint density at radius 3 is 2.15 bits per heavy atom. The lowest BCUT2D eigenvalue weighted by atomic mass is 9.81. The molecule has 0 bridgehead atoms. The summed E-state index contributed by atoms with van der Waals surface area (Å²) in [6.07, 6.45) is 6.89. The van der Waals surface area contributed by atoms with Crippen molar-refractivity contribution >= 4 is 0 Å². The highest BCUT2D eigenvalue weighted by atomic mass is 16.5. The summed E-state index contributed by atoms with van der Waals surface area (Å²) in [6.45, 7) is 7.57. The van der Waals surface area contributed by atoms with Crippen molar-refractivity contribution in [1.82, 2.24) is 0 Å². The molecule has 2 atom stereocenters. The minimum atomic E-state index is 0.846. The Labute approximate surface area is 83.9 Å². The molecule has 0 aliphatic heterocycles. The van der Waals surface area contributed by atoms with Gasteiger partial charge in [0.2, 0.25) is 0 Å². The molecule has 80 valence electrons. The van der Waals surface area contributed by atoms with Gasteiger partial charge in [-0.1, -0.05) is 46.5 Å². The van der Waals surface area contributed by atoms with Crippen molar-refractivity contribution < 1.29 is 4.74 Å². The quantitative estimate of drug-likeness (QED) is 0.636. The molecule has 0 amide bonds. The van der Waals surface area contributed by atoms with Crippen molar-refractivity contribution in [3.63, 3.8) is 0 Å². The fraction of sp³-hybridized carbons (Fsp3) is 1.00. The van der Waals surface area contributed by atoms with E-state index in [1.165, 1.54) is 32.1 Å². The zero-order chi connectivity index (χ0) is 10.1. The van der Waals surface area contributed by atoms with Crippen molar-refractivity contribution in [3.8, 4) is 0 Å². The second-order valence-electron chi connectivity index (χ2n) is 4.18. The Morgan fingerprint density at radius 1 is 1.15 bits per heavy atom. The SMILES string of the molecule is CCC.COC[C@H]1CCCC[C@@H]1C. The molecule has 0 aromatic heterocycles. The standard InChI is InChI=1S/C9H18O.C3H8/c1-8-5-3-4-6-9(8)7-10-2;1-3-2/h8-9H,3-7H2,1-2H3;3H2,1-2H3/t8-,9+;/m0./s1. The van der Waals surface area contributed by atoms with Crippen molar-refractivity contribution in [1.29, 1.82) is 0 Å². The average molecular weight is 186 g/mol. The zero-order valence-corrected chi connectivity index (χ0v) is 9.81. The normalized spacial score (nSPS) is 27.7. The molecule has 0 aromatic rings. The molecule has 1 rings (SSSR count). The van der Waals surface area contributed by atoms with Crippen LogP contribution < -0.4 is 0 Å². The molecular formula is C12H26O. The van der Waals surface area contributed by atoms with Crippen LogP contribution in [0.4, 0.5) is 0 Å². The zero-order valence-electron chi connectivity index (χ0n) is 9.81. The third-order valence-corrected chi connectivity index (χ3v) is 2.67. The van der Waals surface area contributed by atoms with E-state index >= 15 is 0 Å². The summed E-state index contributed by atoms with van der Waals surface area (Å²) in [5, 5.41) is 0. The molecule has 1 nitrogen and oxygen atoms in total. The summed E-state index contributed by atoms with van der Waals surface area (Å²) in [4.78, 5) is 0. The topological polar surface area (TPSA) is 9.23 Å². The van der Waals surface area contributed by atoms with Crippen molar-refractivity contribution in [3.05, 3.63) is 0 Å². The van der Waals surface area contributed by atoms with Gasteiger partial charge in [0.25, 0.3) is 0 Å². The van der Waals surface area contributed by atoms with Gasteiger partial charge in [0.05, 0.1) is 0 Å². The van der Waals surface area contributed by atoms with E-state index < -0.39 is 0 Å². The fourth-order valence-electron chi connectivity index (χ4n) is 1.85. The van der Waals surface area contributed by atoms with Crippen molar-refractivity contribution in [2.75, 3.05) is 13.7 Å². The van der Waals surface area contributed by atoms with Gasteiger partial charge in [-0.05, 0) is 18.3 Å². The first kappa shape index (κ1) is 13.0. The number of ether oxygens (including phenoxy) is 1. The second-order valence-corrected chi connectivity index (χ2v) is 4.18. The lowest BCUT2D eigenvalue weighted by Crippen LogP contribution is -2.20. The van der Waals surface area contributed by atoms with E-state index in [1.54, 1.807) is 7.11 Å². The van der Waals surface area contributed by atoms with E-state index in [9.17, 15) is 0 Å². The first-order valence-corrected chi connectivity index (χ1v) is 5.75. The summed E-state index contributed by atoms with van der Waals surface area (Å²) in [5.41, 5.74) is 0. The minimum absolute atomic E-state index is 0.846. The van der Waals surface area contributed by atoms with Gasteiger partial charge in [0.15, 0.2) is 0 Å². The molecule has 0 radical (unpaired) electrons. The van der Waals surface area contributed by atoms with Gasteiger partial charge in [-0.15, -0.1) is 0 Å². The van der Waals surface area contributed by atoms with Crippen LogP contribution in [0.1, 0.15) is 52.9 Å². The molecule has 0 heterocycles. The summed E-state index contributed by atoms with van der Waals surface area (Å²) >= 11 is 0. The van der Waals surface area contributed by atoms with Gasteiger partial charge in [-0.3, -0.25) is 0 Å².